The van der Waals surface area contributed by atoms with Gasteiger partial charge in [0.05, 0.1) is 0 Å². The Morgan fingerprint density at radius 2 is 2.19 bits per heavy atom. The molecule has 0 aliphatic heterocycles. The molecule has 0 aliphatic rings. The lowest BCUT2D eigenvalue weighted by atomic mass is 10.2. The maximum atomic E-state index is 5.62. The van der Waals surface area contributed by atoms with E-state index in [4.69, 9.17) is 5.73 Å². The maximum Gasteiger partial charge on any atom is 0.109 e. The second kappa shape index (κ2) is 6.66. The summed E-state index contributed by atoms with van der Waals surface area (Å²) in [4.78, 5) is 6.75. The minimum absolute atomic E-state index is 0.688. The Morgan fingerprint density at radius 3 is 2.69 bits per heavy atom. The van der Waals surface area contributed by atoms with Gasteiger partial charge in [0.2, 0.25) is 0 Å². The monoisotopic (exact) mass is 224 g/mol. The minimum Gasteiger partial charge on any atom is -0.338 e. The molecule has 0 fully saturated rings. The van der Waals surface area contributed by atoms with Gasteiger partial charge < -0.3 is 15.2 Å². The molecule has 0 amide bonds. The van der Waals surface area contributed by atoms with Crippen LogP contribution in [0.25, 0.3) is 0 Å². The van der Waals surface area contributed by atoms with Gasteiger partial charge >= 0.3 is 0 Å². The van der Waals surface area contributed by atoms with Gasteiger partial charge in [-0.2, -0.15) is 0 Å². The van der Waals surface area contributed by atoms with Crippen molar-refractivity contribution in [3.63, 3.8) is 0 Å². The molecule has 0 aliphatic carbocycles. The van der Waals surface area contributed by atoms with E-state index in [2.05, 4.69) is 28.3 Å². The highest BCUT2D eigenvalue weighted by Crippen LogP contribution is 2.01. The van der Waals surface area contributed by atoms with Crippen molar-refractivity contribution < 1.29 is 0 Å². The summed E-state index contributed by atoms with van der Waals surface area (Å²) in [5, 5.41) is 0. The van der Waals surface area contributed by atoms with Crippen LogP contribution in [0.1, 0.15) is 19.7 Å². The molecule has 0 aromatic carbocycles. The number of hydrogen-bond donors (Lipinski definition) is 1. The van der Waals surface area contributed by atoms with Gasteiger partial charge in [0.1, 0.15) is 5.82 Å². The smallest absolute Gasteiger partial charge is 0.109 e. The lowest BCUT2D eigenvalue weighted by Crippen LogP contribution is -2.34. The fourth-order valence-corrected chi connectivity index (χ4v) is 1.89. The van der Waals surface area contributed by atoms with Crippen LogP contribution in [0.5, 0.6) is 0 Å². The van der Waals surface area contributed by atoms with E-state index in [1.807, 2.05) is 19.4 Å². The number of nitrogens with zero attached hydrogens (tertiary/aromatic N) is 3. The molecule has 1 rings (SSSR count). The second-order valence-corrected chi connectivity index (χ2v) is 4.69. The molecular formula is C12H24N4. The summed E-state index contributed by atoms with van der Waals surface area (Å²) in [6, 6.07) is 0. The predicted octanol–water partition coefficient (Wildman–Crippen LogP) is 0.879. The van der Waals surface area contributed by atoms with E-state index in [1.54, 1.807) is 0 Å². The molecule has 0 saturated carbocycles. The molecule has 0 spiro atoms. The number of imidazole rings is 1. The average Bonchev–Trinajstić information content (AvgIpc) is 2.60. The molecule has 16 heavy (non-hydrogen) atoms. The summed E-state index contributed by atoms with van der Waals surface area (Å²) in [6.07, 6.45) is 4.84. The van der Waals surface area contributed by atoms with Crippen LogP contribution in [0.3, 0.4) is 0 Å². The van der Waals surface area contributed by atoms with E-state index in [0.29, 0.717) is 5.92 Å². The van der Waals surface area contributed by atoms with Gasteiger partial charge in [0.25, 0.3) is 0 Å². The molecule has 1 aromatic heterocycles. The molecule has 1 aromatic rings. The highest BCUT2D eigenvalue weighted by Gasteiger charge is 2.08. The molecule has 2 N–H and O–H groups in total. The molecule has 0 radical (unpaired) electrons. The molecule has 4 heteroatoms. The first-order chi connectivity index (χ1) is 7.63. The van der Waals surface area contributed by atoms with E-state index in [1.165, 1.54) is 0 Å². The van der Waals surface area contributed by atoms with E-state index in [0.717, 1.165) is 38.4 Å². The van der Waals surface area contributed by atoms with Gasteiger partial charge in [-0.15, -0.1) is 0 Å². The van der Waals surface area contributed by atoms with Gasteiger partial charge in [-0.05, 0) is 5.92 Å². The van der Waals surface area contributed by atoms with Crippen LogP contribution in [0, 0.1) is 5.92 Å². The van der Waals surface area contributed by atoms with Crippen molar-refractivity contribution in [2.24, 2.45) is 18.7 Å². The third-order valence-corrected chi connectivity index (χ3v) is 2.64. The van der Waals surface area contributed by atoms with E-state index in [-0.39, 0.29) is 0 Å². The number of nitrogens with two attached hydrogens (primary N) is 1. The second-order valence-electron chi connectivity index (χ2n) is 4.69. The summed E-state index contributed by atoms with van der Waals surface area (Å²) >= 11 is 0. The first kappa shape index (κ1) is 13.2. The van der Waals surface area contributed by atoms with Gasteiger partial charge in [-0.3, -0.25) is 0 Å². The third kappa shape index (κ3) is 4.33. The zero-order valence-electron chi connectivity index (χ0n) is 10.7. The van der Waals surface area contributed by atoms with E-state index < -0.39 is 0 Å². The fraction of sp³-hybridized carbons (Fsp3) is 0.750. The average molecular weight is 224 g/mol. The maximum absolute atomic E-state index is 5.62. The zero-order chi connectivity index (χ0) is 12.0. The molecule has 0 bridgehead atoms. The molecular weight excluding hydrogens is 200 g/mol. The molecule has 1 heterocycles. The number of hydrogen-bond acceptors (Lipinski definition) is 3. The molecule has 92 valence electrons. The van der Waals surface area contributed by atoms with Gasteiger partial charge in [-0.1, -0.05) is 13.8 Å². The van der Waals surface area contributed by atoms with Crippen LogP contribution in [0.15, 0.2) is 12.4 Å². The first-order valence-electron chi connectivity index (χ1n) is 6.02. The van der Waals surface area contributed by atoms with E-state index in [9.17, 15) is 0 Å². The fourth-order valence-electron chi connectivity index (χ4n) is 1.89. The lowest BCUT2D eigenvalue weighted by molar-refractivity contribution is 0.251. The van der Waals surface area contributed by atoms with Crippen molar-refractivity contribution in [2.45, 2.75) is 20.3 Å². The SMILES string of the molecule is CC(C)CN(CCN)CCc1nccn1C. The van der Waals surface area contributed by atoms with Crippen LogP contribution >= 0.6 is 0 Å². The standard InChI is InChI=1S/C12H24N4/c1-11(2)10-16(8-5-13)7-4-12-14-6-9-15(12)3/h6,9,11H,4-5,7-8,10,13H2,1-3H3. The summed E-state index contributed by atoms with van der Waals surface area (Å²) in [5.74, 6) is 1.83. The summed E-state index contributed by atoms with van der Waals surface area (Å²) in [6.45, 7) is 8.34. The van der Waals surface area contributed by atoms with Crippen molar-refractivity contribution in [1.82, 2.24) is 14.5 Å². The Bertz CT molecular complexity index is 293. The Labute approximate surface area is 98.5 Å². The Morgan fingerprint density at radius 1 is 1.44 bits per heavy atom. The van der Waals surface area contributed by atoms with Gasteiger partial charge in [-0.25, -0.2) is 4.98 Å². The quantitative estimate of drug-likeness (QED) is 0.748. The van der Waals surface area contributed by atoms with Crippen LogP contribution < -0.4 is 5.73 Å². The van der Waals surface area contributed by atoms with E-state index >= 15 is 0 Å². The van der Waals surface area contributed by atoms with Crippen molar-refractivity contribution in [1.29, 1.82) is 0 Å². The highest BCUT2D eigenvalue weighted by molar-refractivity contribution is 4.91. The number of aromatic nitrogens is 2. The van der Waals surface area contributed by atoms with Crippen LogP contribution in [0.2, 0.25) is 0 Å². The van der Waals surface area contributed by atoms with Crippen LogP contribution in [0.4, 0.5) is 0 Å². The third-order valence-electron chi connectivity index (χ3n) is 2.64. The largest absolute Gasteiger partial charge is 0.338 e. The number of rotatable bonds is 7. The topological polar surface area (TPSA) is 47.1 Å². The molecule has 0 atom stereocenters. The van der Waals surface area contributed by atoms with Crippen LogP contribution in [-0.4, -0.2) is 40.6 Å². The van der Waals surface area contributed by atoms with Crippen molar-refractivity contribution in [3.8, 4) is 0 Å². The zero-order valence-corrected chi connectivity index (χ0v) is 10.7. The minimum atomic E-state index is 0.688. The van der Waals surface area contributed by atoms with Crippen molar-refractivity contribution in [2.75, 3.05) is 26.2 Å². The van der Waals surface area contributed by atoms with Gasteiger partial charge in [0.15, 0.2) is 0 Å². The van der Waals surface area contributed by atoms with Crippen LogP contribution in [-0.2, 0) is 13.5 Å². The normalized spacial score (nSPS) is 11.6. The highest BCUT2D eigenvalue weighted by atomic mass is 15.1. The van der Waals surface area contributed by atoms with Crippen molar-refractivity contribution >= 4 is 0 Å². The number of aryl methyl sites for hydroxylation is 1. The Balaban J connectivity index is 2.40. The van der Waals surface area contributed by atoms with Crippen molar-refractivity contribution in [3.05, 3.63) is 18.2 Å². The predicted molar refractivity (Wildman–Crippen MR) is 67.2 cm³/mol. The van der Waals surface area contributed by atoms with Gasteiger partial charge in [0, 0.05) is 52.0 Å². The molecule has 0 saturated heterocycles. The Kier molecular flexibility index (Phi) is 5.49. The summed E-state index contributed by atoms with van der Waals surface area (Å²) in [7, 11) is 2.04. The first-order valence-corrected chi connectivity index (χ1v) is 6.02. The Hall–Kier alpha value is -0.870. The summed E-state index contributed by atoms with van der Waals surface area (Å²) < 4.78 is 2.08. The molecule has 4 nitrogen and oxygen atoms in total. The lowest BCUT2D eigenvalue weighted by Gasteiger charge is -2.23. The summed E-state index contributed by atoms with van der Waals surface area (Å²) in [5.41, 5.74) is 5.62. The molecule has 0 unspecified atom stereocenters.